The summed E-state index contributed by atoms with van der Waals surface area (Å²) in [7, 11) is 0. The van der Waals surface area contributed by atoms with Crippen LogP contribution in [0.2, 0.25) is 0 Å². The molecule has 0 radical (unpaired) electrons. The second-order valence-corrected chi connectivity index (χ2v) is 4.47. The van der Waals surface area contributed by atoms with Crippen LogP contribution in [-0.2, 0) is 0 Å². The molecule has 0 spiro atoms. The van der Waals surface area contributed by atoms with Crippen LogP contribution in [0.5, 0.6) is 0 Å². The Morgan fingerprint density at radius 3 is 2.46 bits per heavy atom. The van der Waals surface area contributed by atoms with E-state index in [9.17, 15) is 0 Å². The normalized spacial score (nSPS) is 34.8. The van der Waals surface area contributed by atoms with Crippen molar-refractivity contribution < 1.29 is 18.9 Å². The molecule has 0 bridgehead atoms. The van der Waals surface area contributed by atoms with Crippen LogP contribution >= 0.6 is 0 Å². The number of rotatable bonds is 2. The summed E-state index contributed by atoms with van der Waals surface area (Å²) in [6, 6.07) is 0. The van der Waals surface area contributed by atoms with Gasteiger partial charge in [-0.05, 0) is 32.5 Å². The van der Waals surface area contributed by atoms with Gasteiger partial charge in [0, 0.05) is 0 Å². The molecule has 0 saturated carbocycles. The van der Waals surface area contributed by atoms with Crippen molar-refractivity contribution in [2.45, 2.75) is 38.1 Å². The average molecular weight is 174 g/mol. The zero-order chi connectivity index (χ0) is 8.44. The van der Waals surface area contributed by atoms with Crippen LogP contribution in [0.1, 0.15) is 32.6 Å². The molecule has 0 N–H and O–H groups in total. The predicted octanol–water partition coefficient (Wildman–Crippen LogP) is -0.988. The van der Waals surface area contributed by atoms with Crippen molar-refractivity contribution in [1.29, 1.82) is 0 Å². The van der Waals surface area contributed by atoms with E-state index in [2.05, 4.69) is 17.1 Å². The summed E-state index contributed by atoms with van der Waals surface area (Å²) in [5, 5.41) is 4.69. The first kappa shape index (κ1) is 11.6. The molecule has 2 fully saturated rings. The van der Waals surface area contributed by atoms with E-state index in [-0.39, 0.29) is 18.9 Å². The van der Waals surface area contributed by atoms with Crippen molar-refractivity contribution in [2.24, 2.45) is 0 Å². The zero-order valence-electron chi connectivity index (χ0n) is 9.05. The van der Waals surface area contributed by atoms with Crippen molar-refractivity contribution in [3.63, 3.8) is 0 Å². The van der Waals surface area contributed by atoms with Gasteiger partial charge in [-0.1, -0.05) is 19.8 Å². The fourth-order valence-corrected chi connectivity index (χ4v) is 2.44. The van der Waals surface area contributed by atoms with Gasteiger partial charge in [0.2, 0.25) is 0 Å². The predicted molar refractivity (Wildman–Crippen MR) is 51.5 cm³/mol. The molecule has 1 atom stereocenters. The maximum Gasteiger partial charge on any atom is 1.00 e. The first-order valence-electron chi connectivity index (χ1n) is 5.20. The monoisotopic (exact) mass is 174 g/mol. The van der Waals surface area contributed by atoms with Gasteiger partial charge in [0.1, 0.15) is 0 Å². The second kappa shape index (κ2) is 4.84. The molecule has 2 heterocycles. The van der Waals surface area contributed by atoms with Crippen molar-refractivity contribution >= 4 is 0 Å². The Morgan fingerprint density at radius 2 is 1.92 bits per heavy atom. The van der Waals surface area contributed by atoms with Crippen molar-refractivity contribution in [2.75, 3.05) is 26.2 Å². The molecule has 0 aliphatic carbocycles. The van der Waals surface area contributed by atoms with Gasteiger partial charge in [0.15, 0.2) is 0 Å². The minimum atomic E-state index is 0. The molecule has 13 heavy (non-hydrogen) atoms. The molecule has 0 unspecified atom stereocenters. The summed E-state index contributed by atoms with van der Waals surface area (Å²) < 4.78 is 0. The van der Waals surface area contributed by atoms with Crippen LogP contribution in [0.25, 0.3) is 5.32 Å². The van der Waals surface area contributed by atoms with Crippen LogP contribution in [0, 0.1) is 0 Å². The summed E-state index contributed by atoms with van der Waals surface area (Å²) in [5.41, 5.74) is 0.310. The van der Waals surface area contributed by atoms with Crippen LogP contribution in [0.15, 0.2) is 0 Å². The molecule has 2 aliphatic heterocycles. The first-order chi connectivity index (χ1) is 5.79. The Hall–Kier alpha value is 0.517. The third-order valence-electron chi connectivity index (χ3n) is 3.13. The van der Waals surface area contributed by atoms with E-state index in [1.165, 1.54) is 45.3 Å². The molecular formula is C10H19LiN2. The summed E-state index contributed by atoms with van der Waals surface area (Å²) >= 11 is 0. The summed E-state index contributed by atoms with van der Waals surface area (Å²) in [6.45, 7) is 7.26. The Bertz CT molecular complexity index is 149. The van der Waals surface area contributed by atoms with Gasteiger partial charge in [-0.25, -0.2) is 0 Å². The third-order valence-corrected chi connectivity index (χ3v) is 3.13. The van der Waals surface area contributed by atoms with E-state index in [0.29, 0.717) is 5.54 Å². The van der Waals surface area contributed by atoms with Gasteiger partial charge in [-0.3, -0.25) is 0 Å². The second-order valence-electron chi connectivity index (χ2n) is 4.47. The van der Waals surface area contributed by atoms with E-state index in [4.69, 9.17) is 0 Å². The van der Waals surface area contributed by atoms with E-state index in [1.807, 2.05) is 0 Å². The molecule has 2 saturated heterocycles. The Kier molecular flexibility index (Phi) is 4.32. The van der Waals surface area contributed by atoms with Crippen LogP contribution in [0.4, 0.5) is 0 Å². The van der Waals surface area contributed by atoms with Crippen LogP contribution < -0.4 is 18.9 Å². The van der Waals surface area contributed by atoms with E-state index in [1.54, 1.807) is 0 Å². The smallest absolute Gasteiger partial charge is 0.656 e. The summed E-state index contributed by atoms with van der Waals surface area (Å²) in [4.78, 5) is 2.58. The first-order valence-corrected chi connectivity index (χ1v) is 5.20. The standard InChI is InChI=1S/C10H19N2.Li/c1-10(5-4-6-11-10)9-12-7-2-3-8-12;/h2-9H2,1H3;/q-1;+1/t10-;/m0./s1. The number of likely N-dealkylation sites (tertiary alicyclic amines) is 1. The number of nitrogens with zero attached hydrogens (tertiary/aromatic N) is 2. The van der Waals surface area contributed by atoms with Crippen molar-refractivity contribution in [3.8, 4) is 0 Å². The molecule has 0 aromatic rings. The Balaban J connectivity index is 0.000000845. The fraction of sp³-hybridized carbons (Fsp3) is 1.00. The number of hydrogen-bond donors (Lipinski definition) is 0. The Labute approximate surface area is 93.6 Å². The molecule has 70 valence electrons. The van der Waals surface area contributed by atoms with E-state index < -0.39 is 0 Å². The van der Waals surface area contributed by atoms with Crippen LogP contribution in [0.3, 0.4) is 0 Å². The third kappa shape index (κ3) is 2.99. The largest absolute Gasteiger partial charge is 1.00 e. The zero-order valence-corrected chi connectivity index (χ0v) is 9.05. The van der Waals surface area contributed by atoms with Gasteiger partial charge in [-0.2, -0.15) is 0 Å². The van der Waals surface area contributed by atoms with E-state index in [0.717, 1.165) is 6.54 Å². The average Bonchev–Trinajstić information content (AvgIpc) is 2.62. The number of hydrogen-bond acceptors (Lipinski definition) is 1. The summed E-state index contributed by atoms with van der Waals surface area (Å²) in [6.07, 6.45) is 5.42. The maximum absolute atomic E-state index is 4.69. The fourth-order valence-electron chi connectivity index (χ4n) is 2.44. The molecule has 2 aliphatic rings. The molecule has 0 aromatic carbocycles. The summed E-state index contributed by atoms with van der Waals surface area (Å²) in [5.74, 6) is 0. The molecular weight excluding hydrogens is 155 g/mol. The van der Waals surface area contributed by atoms with Gasteiger partial charge in [0.05, 0.1) is 0 Å². The minimum Gasteiger partial charge on any atom is -0.656 e. The van der Waals surface area contributed by atoms with Gasteiger partial charge in [0.25, 0.3) is 0 Å². The molecule has 0 amide bonds. The quantitative estimate of drug-likeness (QED) is 0.491. The topological polar surface area (TPSA) is 17.3 Å². The van der Waals surface area contributed by atoms with Gasteiger partial charge < -0.3 is 10.2 Å². The van der Waals surface area contributed by atoms with E-state index >= 15 is 0 Å². The SMILES string of the molecule is C[C@@]1(CN2CCCC2)CCC[N-]1.[Li+]. The van der Waals surface area contributed by atoms with Gasteiger partial charge >= 0.3 is 18.9 Å². The molecule has 0 aromatic heterocycles. The Morgan fingerprint density at radius 1 is 1.23 bits per heavy atom. The molecule has 2 rings (SSSR count). The molecule has 2 nitrogen and oxygen atoms in total. The van der Waals surface area contributed by atoms with Gasteiger partial charge in [-0.15, -0.1) is 12.1 Å². The maximum atomic E-state index is 4.69. The minimum absolute atomic E-state index is 0. The van der Waals surface area contributed by atoms with Crippen molar-refractivity contribution in [3.05, 3.63) is 5.32 Å². The van der Waals surface area contributed by atoms with Crippen LogP contribution in [-0.4, -0.2) is 36.6 Å². The molecule has 3 heteroatoms. The van der Waals surface area contributed by atoms with Crippen molar-refractivity contribution in [1.82, 2.24) is 4.90 Å².